The van der Waals surface area contributed by atoms with Gasteiger partial charge >= 0.3 is 0 Å². The van der Waals surface area contributed by atoms with Crippen LogP contribution in [0.3, 0.4) is 0 Å². The summed E-state index contributed by atoms with van der Waals surface area (Å²) in [5, 5.41) is 16.7. The second kappa shape index (κ2) is 8.94. The number of nitrogens with zero attached hydrogens (tertiary/aromatic N) is 3. The molecule has 31 heavy (non-hydrogen) atoms. The van der Waals surface area contributed by atoms with E-state index >= 15 is 0 Å². The fourth-order valence-corrected chi connectivity index (χ4v) is 4.63. The lowest BCUT2D eigenvalue weighted by Crippen LogP contribution is -2.40. The number of aromatic nitrogens is 2. The molecule has 1 aliphatic heterocycles. The second-order valence-electron chi connectivity index (χ2n) is 6.86. The number of hydrogen-bond acceptors (Lipinski definition) is 8. The van der Waals surface area contributed by atoms with Crippen molar-refractivity contribution in [3.63, 3.8) is 0 Å². The number of carbonyl (C=O) groups excluding carboxylic acids is 1. The third-order valence-corrected chi connectivity index (χ3v) is 6.72. The molecule has 1 aliphatic rings. The molecule has 1 amide bonds. The SMILES string of the molecule is O=C(NO)c1ccc(Cc2nnc(-c3cccc(S(=O)(=O)N4CCOCC4)c3)o2)cc1. The van der Waals surface area contributed by atoms with Crippen molar-refractivity contribution in [1.82, 2.24) is 20.0 Å². The Kier molecular flexibility index (Phi) is 6.09. The maximum absolute atomic E-state index is 12.9. The van der Waals surface area contributed by atoms with Crippen LogP contribution in [0.15, 0.2) is 57.8 Å². The van der Waals surface area contributed by atoms with Crippen molar-refractivity contribution in [2.24, 2.45) is 0 Å². The van der Waals surface area contributed by atoms with Crippen LogP contribution in [0.5, 0.6) is 0 Å². The molecule has 0 atom stereocenters. The fraction of sp³-hybridized carbons (Fsp3) is 0.250. The number of ether oxygens (including phenoxy) is 1. The zero-order valence-electron chi connectivity index (χ0n) is 16.4. The van der Waals surface area contributed by atoms with Gasteiger partial charge in [-0.3, -0.25) is 10.0 Å². The molecule has 4 rings (SSSR count). The van der Waals surface area contributed by atoms with Crippen LogP contribution in [-0.2, 0) is 21.2 Å². The molecule has 0 bridgehead atoms. The van der Waals surface area contributed by atoms with Gasteiger partial charge in [-0.15, -0.1) is 10.2 Å². The molecule has 0 spiro atoms. The van der Waals surface area contributed by atoms with Gasteiger partial charge in [-0.1, -0.05) is 18.2 Å². The number of nitrogens with one attached hydrogen (secondary N) is 1. The number of rotatable bonds is 6. The highest BCUT2D eigenvalue weighted by Crippen LogP contribution is 2.24. The van der Waals surface area contributed by atoms with E-state index in [1.54, 1.807) is 41.9 Å². The maximum Gasteiger partial charge on any atom is 0.274 e. The Hall–Kier alpha value is -3.12. The summed E-state index contributed by atoms with van der Waals surface area (Å²) in [6.45, 7) is 1.38. The third-order valence-electron chi connectivity index (χ3n) is 4.83. The average Bonchev–Trinajstić information content (AvgIpc) is 3.28. The van der Waals surface area contributed by atoms with Crippen LogP contribution in [0.1, 0.15) is 21.8 Å². The highest BCUT2D eigenvalue weighted by Gasteiger charge is 2.26. The molecule has 2 heterocycles. The smallest absolute Gasteiger partial charge is 0.274 e. The van der Waals surface area contributed by atoms with Crippen LogP contribution < -0.4 is 5.48 Å². The van der Waals surface area contributed by atoms with Gasteiger partial charge in [0.05, 0.1) is 24.5 Å². The molecular formula is C20H20N4O6S. The number of amides is 1. The van der Waals surface area contributed by atoms with Gasteiger partial charge in [0.2, 0.25) is 21.8 Å². The largest absolute Gasteiger partial charge is 0.420 e. The summed E-state index contributed by atoms with van der Waals surface area (Å²) in [7, 11) is -3.63. The van der Waals surface area contributed by atoms with Gasteiger partial charge in [-0.2, -0.15) is 4.31 Å². The zero-order valence-corrected chi connectivity index (χ0v) is 17.2. The Labute approximate surface area is 178 Å². The van der Waals surface area contributed by atoms with Gasteiger partial charge in [0.25, 0.3) is 5.91 Å². The minimum absolute atomic E-state index is 0.157. The van der Waals surface area contributed by atoms with Crippen molar-refractivity contribution in [3.8, 4) is 11.5 Å². The van der Waals surface area contributed by atoms with Crippen LogP contribution >= 0.6 is 0 Å². The lowest BCUT2D eigenvalue weighted by molar-refractivity contribution is 0.0706. The molecule has 0 radical (unpaired) electrons. The number of hydroxylamine groups is 1. The van der Waals surface area contributed by atoms with Crippen molar-refractivity contribution < 1.29 is 27.6 Å². The Bertz CT molecular complexity index is 1170. The van der Waals surface area contributed by atoms with Gasteiger partial charge in [0.15, 0.2) is 0 Å². The zero-order chi connectivity index (χ0) is 21.8. The predicted octanol–water partition coefficient (Wildman–Crippen LogP) is 1.47. The highest BCUT2D eigenvalue weighted by atomic mass is 32.2. The normalized spacial score (nSPS) is 15.0. The minimum Gasteiger partial charge on any atom is -0.420 e. The summed E-state index contributed by atoms with van der Waals surface area (Å²) >= 11 is 0. The van der Waals surface area contributed by atoms with Crippen LogP contribution in [0.25, 0.3) is 11.5 Å². The molecule has 2 N–H and O–H groups in total. The van der Waals surface area contributed by atoms with Crippen molar-refractivity contribution in [1.29, 1.82) is 0 Å². The molecule has 0 aliphatic carbocycles. The summed E-state index contributed by atoms with van der Waals surface area (Å²) in [4.78, 5) is 11.5. The topological polar surface area (TPSA) is 135 Å². The molecule has 3 aromatic rings. The van der Waals surface area contributed by atoms with E-state index in [9.17, 15) is 13.2 Å². The molecule has 11 heteroatoms. The van der Waals surface area contributed by atoms with E-state index in [0.29, 0.717) is 49.7 Å². The predicted molar refractivity (Wildman–Crippen MR) is 108 cm³/mol. The first-order chi connectivity index (χ1) is 15.0. The highest BCUT2D eigenvalue weighted by molar-refractivity contribution is 7.89. The van der Waals surface area contributed by atoms with Crippen LogP contribution in [0.2, 0.25) is 0 Å². The average molecular weight is 444 g/mol. The molecule has 2 aromatic carbocycles. The van der Waals surface area contributed by atoms with Gasteiger partial charge in [0.1, 0.15) is 0 Å². The summed E-state index contributed by atoms with van der Waals surface area (Å²) in [6.07, 6.45) is 0.333. The third kappa shape index (κ3) is 4.64. The molecular weight excluding hydrogens is 424 g/mol. The van der Waals surface area contributed by atoms with Gasteiger partial charge in [0, 0.05) is 24.2 Å². The van der Waals surface area contributed by atoms with Crippen molar-refractivity contribution >= 4 is 15.9 Å². The van der Waals surface area contributed by atoms with Gasteiger partial charge < -0.3 is 9.15 Å². The van der Waals surface area contributed by atoms with Crippen LogP contribution in [0, 0.1) is 0 Å². The Balaban J connectivity index is 1.51. The van der Waals surface area contributed by atoms with E-state index in [1.165, 1.54) is 16.4 Å². The first-order valence-corrected chi connectivity index (χ1v) is 11.0. The van der Waals surface area contributed by atoms with E-state index < -0.39 is 15.9 Å². The monoisotopic (exact) mass is 444 g/mol. The standard InChI is InChI=1S/C20H20N4O6S/c25-19(23-26)15-6-4-14(5-7-15)12-18-21-22-20(30-18)16-2-1-3-17(13-16)31(27,28)24-8-10-29-11-9-24/h1-7,13,26H,8-12H2,(H,23,25). The number of sulfonamides is 1. The maximum atomic E-state index is 12.9. The molecule has 0 unspecified atom stereocenters. The van der Waals surface area contributed by atoms with Crippen molar-refractivity contribution in [2.75, 3.05) is 26.3 Å². The number of hydrogen-bond donors (Lipinski definition) is 2. The summed E-state index contributed by atoms with van der Waals surface area (Å²) in [6, 6.07) is 13.0. The number of benzene rings is 2. The van der Waals surface area contributed by atoms with Gasteiger partial charge in [-0.25, -0.2) is 13.9 Å². The van der Waals surface area contributed by atoms with E-state index in [0.717, 1.165) is 5.56 Å². The van der Waals surface area contributed by atoms with Crippen LogP contribution in [-0.4, -0.2) is 60.3 Å². The number of morpholine rings is 1. The minimum atomic E-state index is -3.63. The second-order valence-corrected chi connectivity index (χ2v) is 8.80. The molecule has 1 aromatic heterocycles. The Morgan fingerprint density at radius 2 is 1.84 bits per heavy atom. The van der Waals surface area contributed by atoms with E-state index in [-0.39, 0.29) is 10.8 Å². The van der Waals surface area contributed by atoms with E-state index in [1.807, 2.05) is 0 Å². The van der Waals surface area contributed by atoms with E-state index in [4.69, 9.17) is 14.4 Å². The fourth-order valence-electron chi connectivity index (χ4n) is 3.18. The van der Waals surface area contributed by atoms with Crippen LogP contribution in [0.4, 0.5) is 0 Å². The lowest BCUT2D eigenvalue weighted by Gasteiger charge is -2.26. The van der Waals surface area contributed by atoms with Crippen molar-refractivity contribution in [3.05, 3.63) is 65.5 Å². The quantitative estimate of drug-likeness (QED) is 0.431. The summed E-state index contributed by atoms with van der Waals surface area (Å²) in [5.74, 6) is -0.0420. The first kappa shape index (κ1) is 21.1. The molecule has 10 nitrogen and oxygen atoms in total. The molecule has 162 valence electrons. The van der Waals surface area contributed by atoms with Crippen molar-refractivity contribution in [2.45, 2.75) is 11.3 Å². The van der Waals surface area contributed by atoms with E-state index in [2.05, 4.69) is 10.2 Å². The first-order valence-electron chi connectivity index (χ1n) is 9.51. The van der Waals surface area contributed by atoms with Gasteiger partial charge in [-0.05, 0) is 35.9 Å². The summed E-state index contributed by atoms with van der Waals surface area (Å²) in [5.41, 5.74) is 3.22. The molecule has 1 saturated heterocycles. The Morgan fingerprint density at radius 3 is 2.55 bits per heavy atom. The number of carbonyl (C=O) groups is 1. The molecule has 0 saturated carbocycles. The Morgan fingerprint density at radius 1 is 1.10 bits per heavy atom. The molecule has 1 fully saturated rings. The summed E-state index contributed by atoms with van der Waals surface area (Å²) < 4.78 is 38.1. The lowest BCUT2D eigenvalue weighted by atomic mass is 10.1.